The maximum absolute atomic E-state index is 14.0. The fourth-order valence-electron chi connectivity index (χ4n) is 3.47. The van der Waals surface area contributed by atoms with Crippen molar-refractivity contribution in [2.75, 3.05) is 0 Å². The van der Waals surface area contributed by atoms with Crippen LogP contribution in [0.2, 0.25) is 10.0 Å². The van der Waals surface area contributed by atoms with Crippen LogP contribution in [-0.4, -0.2) is 51.6 Å². The fourth-order valence-corrected chi connectivity index (χ4v) is 3.80. The van der Waals surface area contributed by atoms with Crippen LogP contribution in [0.1, 0.15) is 24.7 Å². The van der Waals surface area contributed by atoms with E-state index in [1.165, 1.54) is 43.3 Å². The van der Waals surface area contributed by atoms with Crippen molar-refractivity contribution in [2.24, 2.45) is 0 Å². The number of rotatable bonds is 7. The van der Waals surface area contributed by atoms with E-state index in [2.05, 4.69) is 15.2 Å². The Bertz CT molecular complexity index is 1480. The minimum absolute atomic E-state index is 0.0274. The molecule has 0 fully saturated rings. The van der Waals surface area contributed by atoms with Gasteiger partial charge in [0, 0.05) is 10.6 Å². The number of hydrogen-bond acceptors (Lipinski definition) is 6. The van der Waals surface area contributed by atoms with Crippen LogP contribution in [0.25, 0.3) is 17.1 Å². The Morgan fingerprint density at radius 2 is 1.73 bits per heavy atom. The second kappa shape index (κ2) is 10.2. The van der Waals surface area contributed by atoms with Crippen LogP contribution in [0.4, 0.5) is 17.6 Å². The first-order valence-electron chi connectivity index (χ1n) is 10.6. The molecule has 0 bridgehead atoms. The SMILES string of the molecule is CC(O)c1nc(Cn2nc(-c3ccc(Cl)cc3)n(C[C@H](O)C(F)(F)F)c2=O)nn1-c1cccc(F)c1Cl. The molecule has 2 aromatic carbocycles. The molecular formula is C22H18Cl2F4N6O3. The summed E-state index contributed by atoms with van der Waals surface area (Å²) in [6.07, 6.45) is -8.99. The zero-order chi connectivity index (χ0) is 27.1. The highest BCUT2D eigenvalue weighted by Gasteiger charge is 2.39. The van der Waals surface area contributed by atoms with Crippen molar-refractivity contribution < 1.29 is 27.8 Å². The molecule has 4 rings (SSSR count). The van der Waals surface area contributed by atoms with Crippen molar-refractivity contribution in [2.45, 2.75) is 38.4 Å². The molecule has 0 amide bonds. The van der Waals surface area contributed by atoms with Crippen LogP contribution < -0.4 is 5.69 Å². The van der Waals surface area contributed by atoms with Gasteiger partial charge < -0.3 is 10.2 Å². The number of aliphatic hydroxyl groups is 2. The first-order chi connectivity index (χ1) is 17.4. The third-order valence-electron chi connectivity index (χ3n) is 5.26. The van der Waals surface area contributed by atoms with Crippen LogP contribution in [0.15, 0.2) is 47.3 Å². The second-order valence-corrected chi connectivity index (χ2v) is 8.80. The highest BCUT2D eigenvalue weighted by atomic mass is 35.5. The molecule has 9 nitrogen and oxygen atoms in total. The second-order valence-electron chi connectivity index (χ2n) is 7.99. The lowest BCUT2D eigenvalue weighted by atomic mass is 10.2. The lowest BCUT2D eigenvalue weighted by Gasteiger charge is -2.15. The Labute approximate surface area is 216 Å². The first kappa shape index (κ1) is 26.8. The summed E-state index contributed by atoms with van der Waals surface area (Å²) in [5, 5.41) is 28.2. The summed E-state index contributed by atoms with van der Waals surface area (Å²) in [7, 11) is 0. The Morgan fingerprint density at radius 3 is 2.35 bits per heavy atom. The number of aliphatic hydroxyl groups excluding tert-OH is 2. The maximum atomic E-state index is 14.0. The molecule has 0 aliphatic rings. The van der Waals surface area contributed by atoms with E-state index in [1.54, 1.807) is 0 Å². The number of hydrogen-bond donors (Lipinski definition) is 2. The van der Waals surface area contributed by atoms with Gasteiger partial charge in [0.2, 0.25) is 0 Å². The zero-order valence-corrected chi connectivity index (χ0v) is 20.4. The van der Waals surface area contributed by atoms with Gasteiger partial charge in [-0.3, -0.25) is 4.57 Å². The standard InChI is InChI=1S/C22H18Cl2F4N6O3/c1-11(35)19-29-17(30-34(19)15-4-2-3-14(25)18(15)24)10-33-21(37)32(9-16(36)22(26,27)28)20(31-33)12-5-7-13(23)8-6-12/h2-8,11,16,35-36H,9-10H2,1H3/t11?,16-/m0/s1. The van der Waals surface area contributed by atoms with Gasteiger partial charge in [-0.15, -0.1) is 10.2 Å². The molecule has 0 radical (unpaired) electrons. The molecule has 0 saturated carbocycles. The molecule has 0 saturated heterocycles. The molecule has 4 aromatic rings. The average molecular weight is 561 g/mol. The van der Waals surface area contributed by atoms with Gasteiger partial charge in [-0.25, -0.2) is 23.5 Å². The van der Waals surface area contributed by atoms with Gasteiger partial charge in [0.15, 0.2) is 23.6 Å². The van der Waals surface area contributed by atoms with E-state index in [1.807, 2.05) is 0 Å². The van der Waals surface area contributed by atoms with Crippen molar-refractivity contribution >= 4 is 23.2 Å². The topological polar surface area (TPSA) is 111 Å². The Balaban J connectivity index is 1.79. The van der Waals surface area contributed by atoms with Crippen LogP contribution in [0.5, 0.6) is 0 Å². The predicted octanol–water partition coefficient (Wildman–Crippen LogP) is 3.76. The number of nitrogens with zero attached hydrogens (tertiary/aromatic N) is 6. The van der Waals surface area contributed by atoms with Crippen molar-refractivity contribution in [3.05, 3.63) is 80.5 Å². The Morgan fingerprint density at radius 1 is 1.05 bits per heavy atom. The summed E-state index contributed by atoms with van der Waals surface area (Å²) < 4.78 is 55.8. The van der Waals surface area contributed by atoms with Crippen LogP contribution in [0, 0.1) is 5.82 Å². The molecule has 0 aliphatic carbocycles. The third-order valence-corrected chi connectivity index (χ3v) is 5.89. The molecule has 2 N–H and O–H groups in total. The van der Waals surface area contributed by atoms with E-state index in [9.17, 15) is 32.6 Å². The number of alkyl halides is 3. The molecule has 2 atom stereocenters. The summed E-state index contributed by atoms with van der Waals surface area (Å²) in [5.41, 5.74) is -0.638. The molecule has 196 valence electrons. The summed E-state index contributed by atoms with van der Waals surface area (Å²) in [6.45, 7) is -0.149. The van der Waals surface area contributed by atoms with Gasteiger partial charge in [0.1, 0.15) is 23.5 Å². The lowest BCUT2D eigenvalue weighted by Crippen LogP contribution is -2.37. The summed E-state index contributed by atoms with van der Waals surface area (Å²) in [4.78, 5) is 17.2. The Hall–Kier alpha value is -3.26. The van der Waals surface area contributed by atoms with Crippen molar-refractivity contribution in [1.29, 1.82) is 0 Å². The zero-order valence-electron chi connectivity index (χ0n) is 18.9. The summed E-state index contributed by atoms with van der Waals surface area (Å²) in [6, 6.07) is 9.78. The maximum Gasteiger partial charge on any atom is 0.416 e. The average Bonchev–Trinajstić information content (AvgIpc) is 3.38. The van der Waals surface area contributed by atoms with Gasteiger partial charge in [-0.1, -0.05) is 29.3 Å². The number of benzene rings is 2. The molecule has 0 spiro atoms. The predicted molar refractivity (Wildman–Crippen MR) is 125 cm³/mol. The smallest absolute Gasteiger partial charge is 0.385 e. The molecule has 37 heavy (non-hydrogen) atoms. The number of aromatic nitrogens is 6. The van der Waals surface area contributed by atoms with Gasteiger partial charge in [-0.05, 0) is 43.3 Å². The molecule has 1 unspecified atom stereocenters. The lowest BCUT2D eigenvalue weighted by molar-refractivity contribution is -0.207. The molecule has 15 heteroatoms. The quantitative estimate of drug-likeness (QED) is 0.333. The van der Waals surface area contributed by atoms with E-state index < -0.39 is 43.0 Å². The molecule has 0 aliphatic heterocycles. The van der Waals surface area contributed by atoms with Gasteiger partial charge in [0.25, 0.3) is 0 Å². The van der Waals surface area contributed by atoms with Crippen molar-refractivity contribution in [1.82, 2.24) is 29.1 Å². The van der Waals surface area contributed by atoms with Crippen LogP contribution >= 0.6 is 23.2 Å². The van der Waals surface area contributed by atoms with E-state index >= 15 is 0 Å². The first-order valence-corrected chi connectivity index (χ1v) is 11.4. The monoisotopic (exact) mass is 560 g/mol. The van der Waals surface area contributed by atoms with Crippen LogP contribution in [0.3, 0.4) is 0 Å². The van der Waals surface area contributed by atoms with Gasteiger partial charge in [-0.2, -0.15) is 13.2 Å². The van der Waals surface area contributed by atoms with Gasteiger partial charge >= 0.3 is 11.9 Å². The van der Waals surface area contributed by atoms with E-state index in [-0.39, 0.29) is 33.7 Å². The molecule has 2 heterocycles. The van der Waals surface area contributed by atoms with E-state index in [0.29, 0.717) is 9.59 Å². The van der Waals surface area contributed by atoms with Crippen molar-refractivity contribution in [3.63, 3.8) is 0 Å². The number of halogens is 6. The largest absolute Gasteiger partial charge is 0.416 e. The summed E-state index contributed by atoms with van der Waals surface area (Å²) in [5.74, 6) is -0.991. The molecular weight excluding hydrogens is 543 g/mol. The van der Waals surface area contributed by atoms with Gasteiger partial charge in [0.05, 0.1) is 12.2 Å². The minimum atomic E-state index is -4.98. The van der Waals surface area contributed by atoms with E-state index in [0.717, 1.165) is 15.4 Å². The van der Waals surface area contributed by atoms with Crippen LogP contribution in [-0.2, 0) is 13.1 Å². The molecule has 2 aromatic heterocycles. The van der Waals surface area contributed by atoms with Crippen molar-refractivity contribution in [3.8, 4) is 17.1 Å². The normalized spacial score (nSPS) is 13.6. The summed E-state index contributed by atoms with van der Waals surface area (Å²) >= 11 is 11.9. The minimum Gasteiger partial charge on any atom is -0.385 e. The Kier molecular flexibility index (Phi) is 7.42. The van der Waals surface area contributed by atoms with E-state index in [4.69, 9.17) is 23.2 Å². The fraction of sp³-hybridized carbons (Fsp3) is 0.273. The highest BCUT2D eigenvalue weighted by Crippen LogP contribution is 2.27. The third kappa shape index (κ3) is 5.54. The highest BCUT2D eigenvalue weighted by molar-refractivity contribution is 6.32.